The third kappa shape index (κ3) is 4.49. The van der Waals surface area contributed by atoms with Crippen molar-refractivity contribution < 1.29 is 0 Å². The van der Waals surface area contributed by atoms with Crippen LogP contribution in [0.3, 0.4) is 0 Å². The van der Waals surface area contributed by atoms with Gasteiger partial charge in [-0.05, 0) is 30.7 Å². The van der Waals surface area contributed by atoms with Gasteiger partial charge in [0.25, 0.3) is 0 Å². The van der Waals surface area contributed by atoms with Gasteiger partial charge in [0.2, 0.25) is 12.4 Å². The van der Waals surface area contributed by atoms with E-state index >= 15 is 0 Å². The molecule has 0 bridgehead atoms. The number of aromatic nitrogens is 3. The van der Waals surface area contributed by atoms with Gasteiger partial charge in [0.05, 0.1) is 11.4 Å². The maximum Gasteiger partial charge on any atom is 0.206 e. The Hall–Kier alpha value is -5.08. The molecular weight excluding hydrogens is 460 g/mol. The van der Waals surface area contributed by atoms with Crippen LogP contribution in [-0.2, 0) is 0 Å². The lowest BCUT2D eigenvalue weighted by Crippen LogP contribution is -2.39. The number of unbranched alkanes of at least 4 members (excludes halogenated alkanes) is 2. The van der Waals surface area contributed by atoms with Gasteiger partial charge in [-0.1, -0.05) is 56.2 Å². The van der Waals surface area contributed by atoms with Crippen molar-refractivity contribution in [3.63, 3.8) is 0 Å². The first-order valence-electron chi connectivity index (χ1n) is 12.1. The van der Waals surface area contributed by atoms with E-state index in [-0.39, 0.29) is 0 Å². The van der Waals surface area contributed by atoms with Crippen LogP contribution in [0.25, 0.3) is 22.8 Å². The number of fused-ring (bicyclic) bond motifs is 2. The van der Waals surface area contributed by atoms with E-state index in [4.69, 9.17) is 9.97 Å². The average molecular weight is 484 g/mol. The van der Waals surface area contributed by atoms with Crippen LogP contribution in [0, 0.1) is 22.9 Å². The molecule has 37 heavy (non-hydrogen) atoms. The number of rotatable bonds is 6. The maximum absolute atomic E-state index is 9.54. The molecule has 2 aliphatic rings. The number of hydrogen-bond donors (Lipinski definition) is 0. The Balaban J connectivity index is 1.90. The predicted octanol–water partition coefficient (Wildman–Crippen LogP) is 3.10. The van der Waals surface area contributed by atoms with Crippen molar-refractivity contribution >= 4 is 17.1 Å². The molecule has 0 unspecified atom stereocenters. The SMILES string of the molecule is CCCCCN1C=CC=C/C1=c1/nc2c(nc1-c1ccccn1)=C([N]C#N)c1ccccc1C2=NC#N. The quantitative estimate of drug-likeness (QED) is 0.393. The average Bonchev–Trinajstić information content (AvgIpc) is 2.95. The van der Waals surface area contributed by atoms with Crippen LogP contribution in [0.5, 0.6) is 0 Å². The highest BCUT2D eigenvalue weighted by Gasteiger charge is 2.28. The fourth-order valence-electron chi connectivity index (χ4n) is 4.52. The zero-order valence-corrected chi connectivity index (χ0v) is 20.3. The van der Waals surface area contributed by atoms with Crippen molar-refractivity contribution in [3.8, 4) is 23.8 Å². The van der Waals surface area contributed by atoms with Crippen LogP contribution >= 0.6 is 0 Å². The Kier molecular flexibility index (Phi) is 6.82. The molecule has 0 N–H and O–H groups in total. The molecule has 0 saturated heterocycles. The molecule has 1 radical (unpaired) electrons. The van der Waals surface area contributed by atoms with E-state index in [2.05, 4.69) is 27.1 Å². The van der Waals surface area contributed by atoms with Crippen molar-refractivity contribution in [1.29, 1.82) is 10.5 Å². The van der Waals surface area contributed by atoms with Crippen LogP contribution in [0.15, 0.2) is 78.1 Å². The van der Waals surface area contributed by atoms with Gasteiger partial charge in [-0.15, -0.1) is 0 Å². The lowest BCUT2D eigenvalue weighted by atomic mass is 9.92. The zero-order valence-electron chi connectivity index (χ0n) is 20.3. The van der Waals surface area contributed by atoms with E-state index in [1.165, 1.54) is 0 Å². The number of allylic oxidation sites excluding steroid dienone is 2. The molecule has 1 aliphatic heterocycles. The summed E-state index contributed by atoms with van der Waals surface area (Å²) in [5, 5.41) is 24.2. The Morgan fingerprint density at radius 3 is 2.46 bits per heavy atom. The standard InChI is InChI=1S/C29H23N8/c1-2-3-9-16-37-17-10-7-14-23(37)27-26(22-13-6-8-15-32-22)35-28-24(33-18-30)20-11-4-5-12-21(20)25(34-19-31)29(28)36-27/h4-8,10-15,17H,2-3,9,16H2,1H3/b27-23-,34-25?. The summed E-state index contributed by atoms with van der Waals surface area (Å²) in [4.78, 5) is 21.0. The van der Waals surface area contributed by atoms with Crippen LogP contribution in [0.4, 0.5) is 0 Å². The molecule has 1 aliphatic carbocycles. The van der Waals surface area contributed by atoms with Crippen LogP contribution in [0.2, 0.25) is 0 Å². The molecule has 0 fully saturated rings. The predicted molar refractivity (Wildman–Crippen MR) is 140 cm³/mol. The Labute approximate surface area is 215 Å². The summed E-state index contributed by atoms with van der Waals surface area (Å²) < 4.78 is 0. The number of benzene rings is 1. The molecule has 179 valence electrons. The first-order valence-corrected chi connectivity index (χ1v) is 12.1. The first kappa shape index (κ1) is 23.7. The summed E-state index contributed by atoms with van der Waals surface area (Å²) in [6, 6.07) is 13.0. The second-order valence-electron chi connectivity index (χ2n) is 8.49. The summed E-state index contributed by atoms with van der Waals surface area (Å²) in [5.74, 6) is 0. The molecule has 1 aromatic carbocycles. The van der Waals surface area contributed by atoms with Crippen molar-refractivity contribution in [2.75, 3.05) is 6.54 Å². The molecule has 0 atom stereocenters. The first-order chi connectivity index (χ1) is 18.3. The molecule has 2 aromatic heterocycles. The summed E-state index contributed by atoms with van der Waals surface area (Å²) in [5.41, 5.74) is 4.65. The Bertz CT molecular complexity index is 1640. The van der Waals surface area contributed by atoms with Gasteiger partial charge in [0.1, 0.15) is 33.5 Å². The second-order valence-corrected chi connectivity index (χ2v) is 8.49. The molecule has 8 heteroatoms. The molecule has 3 heterocycles. The van der Waals surface area contributed by atoms with E-state index in [0.717, 1.165) is 31.5 Å². The minimum atomic E-state index is 0.394. The highest BCUT2D eigenvalue weighted by molar-refractivity contribution is 6.16. The number of nitrogens with zero attached hydrogens (tertiary/aromatic N) is 8. The van der Waals surface area contributed by atoms with Gasteiger partial charge in [0.15, 0.2) is 0 Å². The molecule has 8 nitrogen and oxygen atoms in total. The van der Waals surface area contributed by atoms with E-state index in [9.17, 15) is 10.5 Å². The highest BCUT2D eigenvalue weighted by atomic mass is 15.1. The van der Waals surface area contributed by atoms with E-state index in [0.29, 0.717) is 50.3 Å². The van der Waals surface area contributed by atoms with Gasteiger partial charge in [-0.2, -0.15) is 20.8 Å². The second kappa shape index (κ2) is 10.7. The van der Waals surface area contributed by atoms with Crippen molar-refractivity contribution in [2.24, 2.45) is 4.99 Å². The van der Waals surface area contributed by atoms with Crippen LogP contribution in [-0.4, -0.2) is 32.1 Å². The van der Waals surface area contributed by atoms with Crippen molar-refractivity contribution in [1.82, 2.24) is 25.2 Å². The fourth-order valence-corrected chi connectivity index (χ4v) is 4.52. The molecule has 0 amide bonds. The Morgan fingerprint density at radius 2 is 1.70 bits per heavy atom. The van der Waals surface area contributed by atoms with Gasteiger partial charge >= 0.3 is 0 Å². The number of aliphatic imine (C=N–C) groups is 1. The Morgan fingerprint density at radius 1 is 0.892 bits per heavy atom. The minimum Gasteiger partial charge on any atom is -0.346 e. The van der Waals surface area contributed by atoms with Crippen LogP contribution < -0.4 is 16.0 Å². The van der Waals surface area contributed by atoms with E-state index < -0.39 is 0 Å². The molecule has 3 aromatic rings. The number of hydrogen-bond acceptors (Lipinski definition) is 7. The van der Waals surface area contributed by atoms with Gasteiger partial charge in [0, 0.05) is 30.1 Å². The maximum atomic E-state index is 9.54. The van der Waals surface area contributed by atoms with Crippen molar-refractivity contribution in [2.45, 2.75) is 26.2 Å². The smallest absolute Gasteiger partial charge is 0.206 e. The summed E-state index contributed by atoms with van der Waals surface area (Å²) in [6.45, 7) is 3.01. The minimum absolute atomic E-state index is 0.394. The van der Waals surface area contributed by atoms with E-state index in [1.807, 2.05) is 79.3 Å². The largest absolute Gasteiger partial charge is 0.346 e. The molecule has 0 spiro atoms. The van der Waals surface area contributed by atoms with Gasteiger partial charge < -0.3 is 4.90 Å². The van der Waals surface area contributed by atoms with Crippen LogP contribution in [0.1, 0.15) is 43.0 Å². The summed E-state index contributed by atoms with van der Waals surface area (Å²) in [6.07, 6.45) is 16.8. The summed E-state index contributed by atoms with van der Waals surface area (Å²) >= 11 is 0. The third-order valence-electron chi connectivity index (χ3n) is 6.20. The highest BCUT2D eigenvalue weighted by Crippen LogP contribution is 2.24. The normalized spacial score (nSPS) is 16.1. The van der Waals surface area contributed by atoms with E-state index in [1.54, 1.807) is 6.20 Å². The fraction of sp³-hybridized carbons (Fsp3) is 0.172. The number of pyridine rings is 1. The summed E-state index contributed by atoms with van der Waals surface area (Å²) in [7, 11) is 0. The van der Waals surface area contributed by atoms with Gasteiger partial charge in [-0.25, -0.2) is 9.97 Å². The van der Waals surface area contributed by atoms with Crippen molar-refractivity contribution in [3.05, 3.63) is 101 Å². The zero-order chi connectivity index (χ0) is 25.6. The molecule has 5 rings (SSSR count). The number of nitriles is 2. The third-order valence-corrected chi connectivity index (χ3v) is 6.20. The lowest BCUT2D eigenvalue weighted by Gasteiger charge is -2.25. The molecule has 0 saturated carbocycles. The lowest BCUT2D eigenvalue weighted by molar-refractivity contribution is 0.492. The molecular formula is C29H23N8. The topological polar surface area (TPSA) is 116 Å². The monoisotopic (exact) mass is 483 g/mol. The van der Waals surface area contributed by atoms with Gasteiger partial charge in [-0.3, -0.25) is 4.98 Å².